The molecule has 33 heavy (non-hydrogen) atoms. The van der Waals surface area contributed by atoms with Crippen molar-refractivity contribution in [2.45, 2.75) is 6.18 Å². The van der Waals surface area contributed by atoms with Gasteiger partial charge >= 0.3 is 6.18 Å². The van der Waals surface area contributed by atoms with Crippen molar-refractivity contribution in [1.29, 1.82) is 0 Å². The van der Waals surface area contributed by atoms with Crippen molar-refractivity contribution >= 4 is 23.0 Å². The van der Waals surface area contributed by atoms with Crippen LogP contribution in [0.25, 0.3) is 16.8 Å². The number of halogens is 3. The van der Waals surface area contributed by atoms with Crippen molar-refractivity contribution < 1.29 is 14.6 Å². The van der Waals surface area contributed by atoms with Crippen molar-refractivity contribution in [3.63, 3.8) is 0 Å². The number of aromatic nitrogens is 3. The smallest absolute Gasteiger partial charge is 0.369 e. The van der Waals surface area contributed by atoms with Crippen LogP contribution in [0.2, 0.25) is 0 Å². The first-order valence-electron chi connectivity index (χ1n) is 10.7. The highest BCUT2D eigenvalue weighted by Crippen LogP contribution is 2.32. The Morgan fingerprint density at radius 3 is 2.27 bits per heavy atom. The van der Waals surface area contributed by atoms with Gasteiger partial charge in [0, 0.05) is 50.7 Å². The summed E-state index contributed by atoms with van der Waals surface area (Å²) in [7, 11) is 2.13. The summed E-state index contributed by atoms with van der Waals surface area (Å²) in [6.45, 7) is 4.10. The number of nitrogens with zero attached hydrogens (tertiary/aromatic N) is 5. The molecule has 4 aromatic rings. The molecule has 0 amide bonds. The van der Waals surface area contributed by atoms with E-state index in [-0.39, 0.29) is 1.43 Å². The molecule has 1 aliphatic heterocycles. The first-order valence-corrected chi connectivity index (χ1v) is 10.7. The SMILES string of the molecule is CN1CCN(c2ccc(Nc3nc4c(-c5ccc(C(F)(F)F)cc5)cccn4n3)cc2)CC1.[HH]. The predicted molar refractivity (Wildman–Crippen MR) is 125 cm³/mol. The van der Waals surface area contributed by atoms with Gasteiger partial charge in [-0.3, -0.25) is 0 Å². The summed E-state index contributed by atoms with van der Waals surface area (Å²) < 4.78 is 40.3. The summed E-state index contributed by atoms with van der Waals surface area (Å²) in [5, 5.41) is 7.69. The van der Waals surface area contributed by atoms with Crippen LogP contribution in [-0.4, -0.2) is 52.7 Å². The zero-order valence-electron chi connectivity index (χ0n) is 18.0. The number of rotatable bonds is 4. The minimum absolute atomic E-state index is 0. The average molecular weight is 455 g/mol. The number of hydrogen-bond donors (Lipinski definition) is 1. The van der Waals surface area contributed by atoms with Crippen molar-refractivity contribution in [2.24, 2.45) is 0 Å². The molecule has 9 heteroatoms. The molecule has 5 rings (SSSR count). The van der Waals surface area contributed by atoms with E-state index in [9.17, 15) is 13.2 Å². The normalized spacial score (nSPS) is 15.2. The molecular formula is C24H25F3N6. The highest BCUT2D eigenvalue weighted by Gasteiger charge is 2.30. The Morgan fingerprint density at radius 1 is 0.909 bits per heavy atom. The highest BCUT2D eigenvalue weighted by atomic mass is 19.4. The summed E-state index contributed by atoms with van der Waals surface area (Å²) in [6, 6.07) is 16.8. The first-order chi connectivity index (χ1) is 15.9. The standard InChI is InChI=1S/C24H23F3N6.H2/c1-31-13-15-32(16-14-31)20-10-8-19(9-11-20)28-23-29-22-21(3-2-12-33(22)30-23)17-4-6-18(7-5-17)24(25,26)27;/h2-12H,13-16H2,1H3,(H,28,30);1H. The van der Waals surface area contributed by atoms with Crippen LogP contribution in [0.1, 0.15) is 6.99 Å². The second-order valence-corrected chi connectivity index (χ2v) is 8.16. The number of nitrogens with one attached hydrogen (secondary N) is 1. The third kappa shape index (κ3) is 4.49. The molecule has 2 aromatic heterocycles. The van der Waals surface area contributed by atoms with Gasteiger partial charge in [0.25, 0.3) is 0 Å². The monoisotopic (exact) mass is 454 g/mol. The number of anilines is 3. The summed E-state index contributed by atoms with van der Waals surface area (Å²) >= 11 is 0. The Morgan fingerprint density at radius 2 is 1.61 bits per heavy atom. The van der Waals surface area contributed by atoms with E-state index in [0.29, 0.717) is 22.7 Å². The van der Waals surface area contributed by atoms with E-state index < -0.39 is 11.7 Å². The molecule has 0 bridgehead atoms. The lowest BCUT2D eigenvalue weighted by Gasteiger charge is -2.34. The highest BCUT2D eigenvalue weighted by molar-refractivity contribution is 5.78. The van der Waals surface area contributed by atoms with E-state index in [1.54, 1.807) is 16.8 Å². The zero-order chi connectivity index (χ0) is 23.0. The second kappa shape index (κ2) is 8.40. The maximum Gasteiger partial charge on any atom is 0.416 e. The molecule has 0 spiro atoms. The number of alkyl halides is 3. The third-order valence-electron chi connectivity index (χ3n) is 5.88. The van der Waals surface area contributed by atoms with Crippen LogP contribution in [0.3, 0.4) is 0 Å². The van der Waals surface area contributed by atoms with Gasteiger partial charge in [0.1, 0.15) is 0 Å². The maximum atomic E-state index is 12.9. The van der Waals surface area contributed by atoms with Crippen LogP contribution in [0.4, 0.5) is 30.5 Å². The largest absolute Gasteiger partial charge is 0.416 e. The van der Waals surface area contributed by atoms with Crippen LogP contribution >= 0.6 is 0 Å². The number of pyridine rings is 1. The molecule has 1 saturated heterocycles. The van der Waals surface area contributed by atoms with E-state index in [0.717, 1.165) is 44.0 Å². The van der Waals surface area contributed by atoms with E-state index >= 15 is 0 Å². The minimum atomic E-state index is -4.36. The molecule has 1 aliphatic rings. The Balaban J connectivity index is 0.00000274. The van der Waals surface area contributed by atoms with Crippen LogP contribution in [0.5, 0.6) is 0 Å². The van der Waals surface area contributed by atoms with Gasteiger partial charge < -0.3 is 15.1 Å². The molecular weight excluding hydrogens is 429 g/mol. The van der Waals surface area contributed by atoms with Crippen LogP contribution in [-0.2, 0) is 6.18 Å². The Labute approximate surface area is 190 Å². The summed E-state index contributed by atoms with van der Waals surface area (Å²) in [5.74, 6) is 0.418. The maximum absolute atomic E-state index is 12.9. The average Bonchev–Trinajstić information content (AvgIpc) is 3.22. The van der Waals surface area contributed by atoms with Gasteiger partial charge in [-0.05, 0) is 61.1 Å². The summed E-state index contributed by atoms with van der Waals surface area (Å²) in [4.78, 5) is 9.26. The number of benzene rings is 2. The fourth-order valence-electron chi connectivity index (χ4n) is 3.97. The van der Waals surface area contributed by atoms with E-state index in [2.05, 4.69) is 44.4 Å². The van der Waals surface area contributed by atoms with Crippen LogP contribution in [0.15, 0.2) is 66.9 Å². The molecule has 0 saturated carbocycles. The minimum Gasteiger partial charge on any atom is -0.369 e. The quantitative estimate of drug-likeness (QED) is 0.462. The fraction of sp³-hybridized carbons (Fsp3) is 0.250. The Hall–Kier alpha value is -3.59. The van der Waals surface area contributed by atoms with E-state index in [1.807, 2.05) is 18.2 Å². The predicted octanol–water partition coefficient (Wildman–Crippen LogP) is 5.16. The van der Waals surface area contributed by atoms with Crippen LogP contribution in [0, 0.1) is 0 Å². The summed E-state index contributed by atoms with van der Waals surface area (Å²) in [5.41, 5.74) is 3.28. The lowest BCUT2D eigenvalue weighted by molar-refractivity contribution is -0.137. The van der Waals surface area contributed by atoms with Crippen LogP contribution < -0.4 is 10.2 Å². The molecule has 6 nitrogen and oxygen atoms in total. The van der Waals surface area contributed by atoms with Gasteiger partial charge in [0.2, 0.25) is 5.95 Å². The Kier molecular flexibility index (Phi) is 5.41. The lowest BCUT2D eigenvalue weighted by Crippen LogP contribution is -2.44. The van der Waals surface area contributed by atoms with Gasteiger partial charge in [-0.1, -0.05) is 12.1 Å². The first kappa shape index (κ1) is 21.3. The number of piperazine rings is 1. The number of fused-ring (bicyclic) bond motifs is 1. The van der Waals surface area contributed by atoms with E-state index in [1.165, 1.54) is 17.8 Å². The number of likely N-dealkylation sites (N-methyl/N-ethyl adjacent to an activating group) is 1. The van der Waals surface area contributed by atoms with Crippen molar-refractivity contribution in [3.8, 4) is 11.1 Å². The van der Waals surface area contributed by atoms with Gasteiger partial charge in [0.15, 0.2) is 5.65 Å². The molecule has 1 fully saturated rings. The van der Waals surface area contributed by atoms with Gasteiger partial charge in [-0.2, -0.15) is 18.2 Å². The number of hydrogen-bond acceptors (Lipinski definition) is 5. The molecule has 0 unspecified atom stereocenters. The lowest BCUT2D eigenvalue weighted by atomic mass is 10.0. The molecule has 0 radical (unpaired) electrons. The van der Waals surface area contributed by atoms with Gasteiger partial charge in [-0.15, -0.1) is 5.10 Å². The van der Waals surface area contributed by atoms with Crippen molar-refractivity contribution in [2.75, 3.05) is 43.4 Å². The fourth-order valence-corrected chi connectivity index (χ4v) is 3.97. The zero-order valence-corrected chi connectivity index (χ0v) is 18.0. The molecule has 3 heterocycles. The second-order valence-electron chi connectivity index (χ2n) is 8.16. The Bertz CT molecular complexity index is 1250. The molecule has 0 aliphatic carbocycles. The molecule has 2 aromatic carbocycles. The van der Waals surface area contributed by atoms with Gasteiger partial charge in [0.05, 0.1) is 5.56 Å². The summed E-state index contributed by atoms with van der Waals surface area (Å²) in [6.07, 6.45) is -2.60. The molecule has 1 N–H and O–H groups in total. The molecule has 172 valence electrons. The van der Waals surface area contributed by atoms with E-state index in [4.69, 9.17) is 0 Å². The molecule has 0 atom stereocenters. The van der Waals surface area contributed by atoms with Crippen molar-refractivity contribution in [1.82, 2.24) is 19.5 Å². The topological polar surface area (TPSA) is 48.7 Å². The van der Waals surface area contributed by atoms with Crippen molar-refractivity contribution in [3.05, 3.63) is 72.4 Å². The third-order valence-corrected chi connectivity index (χ3v) is 5.88. The van der Waals surface area contributed by atoms with Gasteiger partial charge in [-0.25, -0.2) is 4.52 Å².